The van der Waals surface area contributed by atoms with E-state index in [1.807, 2.05) is 0 Å². The van der Waals surface area contributed by atoms with Crippen molar-refractivity contribution in [1.29, 1.82) is 0 Å². The number of alkyl halides is 3. The molecule has 1 fully saturated rings. The summed E-state index contributed by atoms with van der Waals surface area (Å²) in [6.07, 6.45) is -3.48. The van der Waals surface area contributed by atoms with Crippen LogP contribution in [0.3, 0.4) is 0 Å². The quantitative estimate of drug-likeness (QED) is 0.360. The fourth-order valence-corrected chi connectivity index (χ4v) is 4.58. The number of amides is 2. The zero-order valence-corrected chi connectivity index (χ0v) is 20.6. The number of hydrogen-bond donors (Lipinski definition) is 0. The highest BCUT2D eigenvalue weighted by molar-refractivity contribution is 7.90. The van der Waals surface area contributed by atoms with Crippen molar-refractivity contribution in [2.24, 2.45) is 0 Å². The van der Waals surface area contributed by atoms with E-state index in [1.165, 1.54) is 21.9 Å². The lowest BCUT2D eigenvalue weighted by Gasteiger charge is -2.24. The van der Waals surface area contributed by atoms with E-state index < -0.39 is 33.6 Å². The summed E-state index contributed by atoms with van der Waals surface area (Å²) in [5, 5.41) is 0.561. The van der Waals surface area contributed by atoms with Crippen molar-refractivity contribution >= 4 is 33.2 Å². The van der Waals surface area contributed by atoms with Crippen molar-refractivity contribution in [2.45, 2.75) is 12.2 Å². The van der Waals surface area contributed by atoms with Gasteiger partial charge in [-0.1, -0.05) is 23.7 Å². The van der Waals surface area contributed by atoms with Gasteiger partial charge in [0, 0.05) is 30.1 Å². The fraction of sp³-hybridized carbons (Fsp3) is 0.240. The molecule has 0 radical (unpaired) electrons. The highest BCUT2D eigenvalue weighted by atomic mass is 35.5. The van der Waals surface area contributed by atoms with Crippen LogP contribution < -0.4 is 9.64 Å². The average Bonchev–Trinajstić information content (AvgIpc) is 3.15. The van der Waals surface area contributed by atoms with Gasteiger partial charge in [0.15, 0.2) is 0 Å². The Morgan fingerprint density at radius 1 is 1.00 bits per heavy atom. The second kappa shape index (κ2) is 10.0. The van der Waals surface area contributed by atoms with Crippen LogP contribution in [0.4, 0.5) is 23.7 Å². The third-order valence-corrected chi connectivity index (χ3v) is 6.85. The van der Waals surface area contributed by atoms with Crippen molar-refractivity contribution in [3.05, 3.63) is 88.9 Å². The molecule has 0 spiro atoms. The van der Waals surface area contributed by atoms with E-state index in [2.05, 4.69) is 0 Å². The molecule has 1 saturated heterocycles. The molecule has 1 unspecified atom stereocenters. The molecule has 2 amide bonds. The van der Waals surface area contributed by atoms with Gasteiger partial charge < -0.3 is 9.64 Å². The van der Waals surface area contributed by atoms with Crippen LogP contribution in [0, 0.1) is 0 Å². The lowest BCUT2D eigenvalue weighted by Crippen LogP contribution is -2.35. The van der Waals surface area contributed by atoms with Gasteiger partial charge in [-0.15, -0.1) is 0 Å². The van der Waals surface area contributed by atoms with E-state index in [-0.39, 0.29) is 18.8 Å². The second-order valence-electron chi connectivity index (χ2n) is 8.42. The smallest absolute Gasteiger partial charge is 0.416 e. The number of urea groups is 1. The van der Waals surface area contributed by atoms with Gasteiger partial charge in [-0.05, 0) is 66.2 Å². The van der Waals surface area contributed by atoms with Crippen LogP contribution in [0.1, 0.15) is 17.2 Å². The standard InChI is InChI=1S/C25H22ClF3N2O4S/c1-36(33,34)14-13-30-16-23(17-3-2-4-18(15-17)25(27,28)29)31(24(30)32)20-7-11-22(12-8-20)35-21-9-5-19(26)6-10-21/h2-12,15,23H,13-14,16H2,1H3. The molecular formula is C25H22ClF3N2O4S. The van der Waals surface area contributed by atoms with Crippen LogP contribution in [0.2, 0.25) is 5.02 Å². The molecule has 3 aromatic rings. The van der Waals surface area contributed by atoms with Gasteiger partial charge in [0.05, 0.1) is 17.4 Å². The van der Waals surface area contributed by atoms with Crippen molar-refractivity contribution in [3.8, 4) is 11.5 Å². The first-order chi connectivity index (χ1) is 16.9. The number of nitrogens with zero attached hydrogens (tertiary/aromatic N) is 2. The third kappa shape index (κ3) is 6.11. The van der Waals surface area contributed by atoms with E-state index in [0.29, 0.717) is 27.8 Å². The Kier molecular flexibility index (Phi) is 7.19. The molecule has 6 nitrogen and oxygen atoms in total. The summed E-state index contributed by atoms with van der Waals surface area (Å²) in [4.78, 5) is 16.0. The molecule has 0 N–H and O–H groups in total. The number of carbonyl (C=O) groups is 1. The number of anilines is 1. The van der Waals surface area contributed by atoms with Crippen LogP contribution in [0.5, 0.6) is 11.5 Å². The van der Waals surface area contributed by atoms with Gasteiger partial charge in [0.1, 0.15) is 21.3 Å². The summed E-state index contributed by atoms with van der Waals surface area (Å²) in [7, 11) is -3.35. The Morgan fingerprint density at radius 2 is 1.61 bits per heavy atom. The Bertz CT molecular complexity index is 1350. The van der Waals surface area contributed by atoms with E-state index >= 15 is 0 Å². The highest BCUT2D eigenvalue weighted by Gasteiger charge is 2.40. The minimum Gasteiger partial charge on any atom is -0.457 e. The lowest BCUT2D eigenvalue weighted by atomic mass is 10.0. The second-order valence-corrected chi connectivity index (χ2v) is 11.1. The maximum atomic E-state index is 13.3. The van der Waals surface area contributed by atoms with Crippen molar-refractivity contribution in [1.82, 2.24) is 4.90 Å². The molecule has 0 aliphatic carbocycles. The Morgan fingerprint density at radius 3 is 2.19 bits per heavy atom. The number of ether oxygens (including phenoxy) is 1. The molecule has 1 heterocycles. The summed E-state index contributed by atoms with van der Waals surface area (Å²) in [6, 6.07) is 16.9. The van der Waals surface area contributed by atoms with Crippen LogP contribution in [-0.4, -0.2) is 44.4 Å². The van der Waals surface area contributed by atoms with Gasteiger partial charge in [-0.3, -0.25) is 4.90 Å². The lowest BCUT2D eigenvalue weighted by molar-refractivity contribution is -0.137. The first-order valence-corrected chi connectivity index (χ1v) is 13.3. The first kappa shape index (κ1) is 25.8. The van der Waals surface area contributed by atoms with Gasteiger partial charge in [0.2, 0.25) is 0 Å². The molecule has 190 valence electrons. The third-order valence-electron chi connectivity index (χ3n) is 5.68. The monoisotopic (exact) mass is 538 g/mol. The Labute approximate surface area is 211 Å². The van der Waals surface area contributed by atoms with Gasteiger partial charge >= 0.3 is 12.2 Å². The zero-order chi connectivity index (χ0) is 26.1. The predicted octanol–water partition coefficient (Wildman–Crippen LogP) is 6.18. The maximum Gasteiger partial charge on any atom is 0.416 e. The van der Waals surface area contributed by atoms with E-state index in [9.17, 15) is 26.4 Å². The number of benzene rings is 3. The molecule has 4 rings (SSSR count). The predicted molar refractivity (Wildman–Crippen MR) is 131 cm³/mol. The minimum atomic E-state index is -4.54. The highest BCUT2D eigenvalue weighted by Crippen LogP contribution is 2.38. The van der Waals surface area contributed by atoms with Crippen molar-refractivity contribution < 1.29 is 31.1 Å². The molecule has 11 heteroatoms. The normalized spacial score (nSPS) is 16.5. The summed E-state index contributed by atoms with van der Waals surface area (Å²) in [5.41, 5.74) is -0.0945. The summed E-state index contributed by atoms with van der Waals surface area (Å²) < 4.78 is 69.1. The molecule has 1 aliphatic rings. The molecule has 0 bridgehead atoms. The van der Waals surface area contributed by atoms with Gasteiger partial charge in [0.25, 0.3) is 0 Å². The fourth-order valence-electron chi connectivity index (χ4n) is 3.90. The van der Waals surface area contributed by atoms with Crippen LogP contribution >= 0.6 is 11.6 Å². The Hall–Kier alpha value is -3.24. The zero-order valence-electron chi connectivity index (χ0n) is 19.1. The summed E-state index contributed by atoms with van der Waals surface area (Å²) >= 11 is 5.89. The molecule has 36 heavy (non-hydrogen) atoms. The van der Waals surface area contributed by atoms with E-state index in [4.69, 9.17) is 16.3 Å². The maximum absolute atomic E-state index is 13.3. The number of rotatable bonds is 7. The molecule has 3 aromatic carbocycles. The summed E-state index contributed by atoms with van der Waals surface area (Å²) in [6.45, 7) is -0.0277. The largest absolute Gasteiger partial charge is 0.457 e. The van der Waals surface area contributed by atoms with Crippen molar-refractivity contribution in [3.63, 3.8) is 0 Å². The van der Waals surface area contributed by atoms with Gasteiger partial charge in [-0.25, -0.2) is 13.2 Å². The minimum absolute atomic E-state index is 0.0404. The van der Waals surface area contributed by atoms with Crippen LogP contribution in [-0.2, 0) is 16.0 Å². The number of sulfone groups is 1. The molecule has 1 atom stereocenters. The number of halogens is 4. The topological polar surface area (TPSA) is 66.9 Å². The molecule has 0 aromatic heterocycles. The first-order valence-electron chi connectivity index (χ1n) is 10.9. The van der Waals surface area contributed by atoms with Crippen LogP contribution in [0.15, 0.2) is 72.8 Å². The summed E-state index contributed by atoms with van der Waals surface area (Å²) in [5.74, 6) is 0.783. The van der Waals surface area contributed by atoms with Crippen LogP contribution in [0.25, 0.3) is 0 Å². The SMILES string of the molecule is CS(=O)(=O)CCN1CC(c2cccc(C(F)(F)F)c2)N(c2ccc(Oc3ccc(Cl)cc3)cc2)C1=O. The number of hydrogen-bond acceptors (Lipinski definition) is 4. The molecule has 1 aliphatic heterocycles. The molecular weight excluding hydrogens is 517 g/mol. The number of carbonyl (C=O) groups excluding carboxylic acids is 1. The molecule has 0 saturated carbocycles. The van der Waals surface area contributed by atoms with E-state index in [0.717, 1.165) is 18.4 Å². The van der Waals surface area contributed by atoms with Crippen molar-refractivity contribution in [2.75, 3.05) is 30.0 Å². The average molecular weight is 539 g/mol. The van der Waals surface area contributed by atoms with E-state index in [1.54, 1.807) is 48.5 Å². The Balaban J connectivity index is 1.64. The van der Waals surface area contributed by atoms with Gasteiger partial charge in [-0.2, -0.15) is 13.2 Å².